The summed E-state index contributed by atoms with van der Waals surface area (Å²) in [6.07, 6.45) is 3.40. The molecule has 1 saturated carbocycles. The van der Waals surface area contributed by atoms with Crippen molar-refractivity contribution in [2.45, 2.75) is 25.3 Å². The molecule has 1 heterocycles. The second-order valence-electron chi connectivity index (χ2n) is 4.93. The number of halogens is 1. The summed E-state index contributed by atoms with van der Waals surface area (Å²) in [5, 5.41) is 0.730. The minimum absolute atomic E-state index is 0.251. The van der Waals surface area contributed by atoms with E-state index >= 15 is 0 Å². The third kappa shape index (κ3) is 2.05. The highest BCUT2D eigenvalue weighted by atomic mass is 35.5. The fraction of sp³-hybridized carbons (Fsp3) is 0.462. The quantitative estimate of drug-likeness (QED) is 0.908. The normalized spacial score (nSPS) is 17.6. The van der Waals surface area contributed by atoms with Gasteiger partial charge in [0.05, 0.1) is 11.0 Å². The molecule has 1 aromatic heterocycles. The van der Waals surface area contributed by atoms with E-state index in [2.05, 4.69) is 9.55 Å². The summed E-state index contributed by atoms with van der Waals surface area (Å²) in [5.74, 6) is 1.76. The Kier molecular flexibility index (Phi) is 2.60. The molecular formula is C13H16ClN3. The van der Waals surface area contributed by atoms with E-state index in [0.29, 0.717) is 5.92 Å². The minimum atomic E-state index is 0.251. The van der Waals surface area contributed by atoms with Gasteiger partial charge in [0.25, 0.3) is 0 Å². The van der Waals surface area contributed by atoms with Crippen LogP contribution in [0.15, 0.2) is 18.2 Å². The maximum Gasteiger partial charge on any atom is 0.111 e. The maximum absolute atomic E-state index is 6.15. The molecule has 1 aliphatic carbocycles. The van der Waals surface area contributed by atoms with Gasteiger partial charge in [0, 0.05) is 24.5 Å². The van der Waals surface area contributed by atoms with Crippen LogP contribution in [0, 0.1) is 5.92 Å². The zero-order valence-corrected chi connectivity index (χ0v) is 10.6. The van der Waals surface area contributed by atoms with Crippen LogP contribution in [0.1, 0.15) is 18.7 Å². The lowest BCUT2D eigenvalue weighted by molar-refractivity contribution is 0.566. The Morgan fingerprint density at radius 2 is 2.29 bits per heavy atom. The summed E-state index contributed by atoms with van der Waals surface area (Å²) in [6.45, 7) is 0. The second kappa shape index (κ2) is 4.00. The third-order valence-electron chi connectivity index (χ3n) is 3.58. The highest BCUT2D eigenvalue weighted by molar-refractivity contribution is 6.31. The molecule has 1 fully saturated rings. The molecule has 90 valence electrons. The molecule has 17 heavy (non-hydrogen) atoms. The van der Waals surface area contributed by atoms with Crippen LogP contribution in [0.5, 0.6) is 0 Å². The zero-order chi connectivity index (χ0) is 12.0. The van der Waals surface area contributed by atoms with Crippen molar-refractivity contribution in [3.05, 3.63) is 29.0 Å². The summed E-state index contributed by atoms with van der Waals surface area (Å²) in [7, 11) is 2.04. The van der Waals surface area contributed by atoms with Crippen molar-refractivity contribution in [2.24, 2.45) is 18.7 Å². The molecule has 3 rings (SSSR count). The van der Waals surface area contributed by atoms with Crippen molar-refractivity contribution < 1.29 is 0 Å². The predicted octanol–water partition coefficient (Wildman–Crippen LogP) is 2.51. The average molecular weight is 250 g/mol. The molecule has 1 atom stereocenters. The molecule has 4 heteroatoms. The van der Waals surface area contributed by atoms with Crippen LogP contribution in [0.2, 0.25) is 5.02 Å². The third-order valence-corrected chi connectivity index (χ3v) is 3.82. The van der Waals surface area contributed by atoms with Crippen LogP contribution >= 0.6 is 11.6 Å². The van der Waals surface area contributed by atoms with Gasteiger partial charge in [-0.25, -0.2) is 4.98 Å². The van der Waals surface area contributed by atoms with Crippen LogP contribution in [0.3, 0.4) is 0 Å². The van der Waals surface area contributed by atoms with Crippen LogP contribution in [0.25, 0.3) is 11.0 Å². The Balaban J connectivity index is 1.95. The predicted molar refractivity (Wildman–Crippen MR) is 70.1 cm³/mol. The van der Waals surface area contributed by atoms with Crippen molar-refractivity contribution in [1.29, 1.82) is 0 Å². The molecule has 0 saturated heterocycles. The van der Waals surface area contributed by atoms with Gasteiger partial charge in [-0.05, 0) is 37.0 Å². The molecule has 1 aliphatic rings. The summed E-state index contributed by atoms with van der Waals surface area (Å²) in [4.78, 5) is 4.62. The van der Waals surface area contributed by atoms with Gasteiger partial charge in [-0.1, -0.05) is 11.6 Å². The molecule has 2 aromatic rings. The summed E-state index contributed by atoms with van der Waals surface area (Å²) in [5.41, 5.74) is 8.23. The van der Waals surface area contributed by atoms with Gasteiger partial charge in [-0.3, -0.25) is 0 Å². The Hall–Kier alpha value is -1.06. The number of aryl methyl sites for hydroxylation is 1. The van der Waals surface area contributed by atoms with Gasteiger partial charge < -0.3 is 10.3 Å². The lowest BCUT2D eigenvalue weighted by Crippen LogP contribution is -2.26. The Labute approximate surface area is 106 Å². The number of nitrogens with two attached hydrogens (primary N) is 1. The standard InChI is InChI=1S/C13H16ClN3/c1-17-12-5-4-9(14)6-11(12)16-13(17)7-10(15)8-2-3-8/h4-6,8,10H,2-3,7,15H2,1H3. The number of imidazole rings is 1. The Morgan fingerprint density at radius 1 is 1.53 bits per heavy atom. The number of hydrogen-bond donors (Lipinski definition) is 1. The Morgan fingerprint density at radius 3 is 3.00 bits per heavy atom. The van der Waals surface area contributed by atoms with Crippen molar-refractivity contribution in [3.8, 4) is 0 Å². The first kappa shape index (κ1) is 11.1. The van der Waals surface area contributed by atoms with E-state index < -0.39 is 0 Å². The number of hydrogen-bond acceptors (Lipinski definition) is 2. The van der Waals surface area contributed by atoms with Crippen LogP contribution < -0.4 is 5.73 Å². The van der Waals surface area contributed by atoms with Crippen LogP contribution in [-0.2, 0) is 13.5 Å². The topological polar surface area (TPSA) is 43.8 Å². The molecule has 2 N–H and O–H groups in total. The van der Waals surface area contributed by atoms with E-state index in [9.17, 15) is 0 Å². The number of benzene rings is 1. The van der Waals surface area contributed by atoms with Crippen molar-refractivity contribution >= 4 is 22.6 Å². The van der Waals surface area contributed by atoms with Gasteiger partial charge in [0.1, 0.15) is 5.82 Å². The van der Waals surface area contributed by atoms with Crippen LogP contribution in [0.4, 0.5) is 0 Å². The fourth-order valence-electron chi connectivity index (χ4n) is 2.31. The van der Waals surface area contributed by atoms with Gasteiger partial charge in [0.15, 0.2) is 0 Å². The summed E-state index contributed by atoms with van der Waals surface area (Å²) in [6, 6.07) is 6.07. The molecule has 1 aromatic carbocycles. The number of fused-ring (bicyclic) bond motifs is 1. The van der Waals surface area contributed by atoms with E-state index in [1.54, 1.807) is 0 Å². The van der Waals surface area contributed by atoms with Crippen LogP contribution in [-0.4, -0.2) is 15.6 Å². The van der Waals surface area contributed by atoms with Crippen molar-refractivity contribution in [1.82, 2.24) is 9.55 Å². The van der Waals surface area contributed by atoms with E-state index in [1.165, 1.54) is 12.8 Å². The molecule has 0 amide bonds. The first-order valence-electron chi connectivity index (χ1n) is 6.01. The van der Waals surface area contributed by atoms with Gasteiger partial charge >= 0.3 is 0 Å². The van der Waals surface area contributed by atoms with Crippen molar-refractivity contribution in [3.63, 3.8) is 0 Å². The summed E-state index contributed by atoms with van der Waals surface area (Å²) < 4.78 is 2.12. The highest BCUT2D eigenvalue weighted by Gasteiger charge is 2.29. The van der Waals surface area contributed by atoms with E-state index in [-0.39, 0.29) is 6.04 Å². The van der Waals surface area contributed by atoms with Gasteiger partial charge in [0.2, 0.25) is 0 Å². The SMILES string of the molecule is Cn1c(CC(N)C2CC2)nc2cc(Cl)ccc21. The van der Waals surface area contributed by atoms with E-state index in [4.69, 9.17) is 17.3 Å². The lowest BCUT2D eigenvalue weighted by Gasteiger charge is -2.09. The number of rotatable bonds is 3. The molecule has 0 bridgehead atoms. The maximum atomic E-state index is 6.15. The Bertz CT molecular complexity index is 557. The smallest absolute Gasteiger partial charge is 0.111 e. The van der Waals surface area contributed by atoms with Gasteiger partial charge in [-0.15, -0.1) is 0 Å². The number of aromatic nitrogens is 2. The largest absolute Gasteiger partial charge is 0.331 e. The zero-order valence-electron chi connectivity index (χ0n) is 9.86. The summed E-state index contributed by atoms with van der Waals surface area (Å²) >= 11 is 5.97. The number of nitrogens with zero attached hydrogens (tertiary/aromatic N) is 2. The minimum Gasteiger partial charge on any atom is -0.331 e. The molecule has 1 unspecified atom stereocenters. The lowest BCUT2D eigenvalue weighted by atomic mass is 10.1. The van der Waals surface area contributed by atoms with Crippen molar-refractivity contribution in [2.75, 3.05) is 0 Å². The first-order valence-corrected chi connectivity index (χ1v) is 6.39. The fourth-order valence-corrected chi connectivity index (χ4v) is 2.47. The molecule has 3 nitrogen and oxygen atoms in total. The molecule has 0 radical (unpaired) electrons. The first-order chi connectivity index (χ1) is 8.15. The second-order valence-corrected chi connectivity index (χ2v) is 5.36. The molecule has 0 spiro atoms. The molecular weight excluding hydrogens is 234 g/mol. The highest BCUT2D eigenvalue weighted by Crippen LogP contribution is 2.33. The monoisotopic (exact) mass is 249 g/mol. The van der Waals surface area contributed by atoms with Gasteiger partial charge in [-0.2, -0.15) is 0 Å². The molecule has 0 aliphatic heterocycles. The van der Waals surface area contributed by atoms with E-state index in [1.807, 2.05) is 25.2 Å². The van der Waals surface area contributed by atoms with E-state index in [0.717, 1.165) is 28.3 Å². The average Bonchev–Trinajstić information content (AvgIpc) is 3.07.